The fourth-order valence-electron chi connectivity index (χ4n) is 1.75. The number of urea groups is 1. The summed E-state index contributed by atoms with van der Waals surface area (Å²) in [7, 11) is 1.54. The maximum absolute atomic E-state index is 11.9. The van der Waals surface area contributed by atoms with Gasteiger partial charge in [-0.05, 0) is 24.6 Å². The summed E-state index contributed by atoms with van der Waals surface area (Å²) in [5.74, 6) is 1.22. The summed E-state index contributed by atoms with van der Waals surface area (Å²) in [4.78, 5) is 16.0. The Hall–Kier alpha value is -2.76. The van der Waals surface area contributed by atoms with Gasteiger partial charge in [0.05, 0.1) is 25.6 Å². The van der Waals surface area contributed by atoms with E-state index in [9.17, 15) is 4.79 Å². The topological polar surface area (TPSA) is 72.5 Å². The first-order valence-corrected chi connectivity index (χ1v) is 7.02. The minimum Gasteiger partial charge on any atom is -0.494 e. The highest BCUT2D eigenvalue weighted by Gasteiger charge is 2.04. The number of nitrogens with zero attached hydrogens (tertiary/aromatic N) is 1. The molecule has 0 saturated carbocycles. The number of anilines is 2. The summed E-state index contributed by atoms with van der Waals surface area (Å²) in [5.41, 5.74) is 1.24. The molecular formula is C16H19N3O3. The number of ether oxygens (including phenoxy) is 2. The van der Waals surface area contributed by atoms with E-state index in [0.29, 0.717) is 23.9 Å². The van der Waals surface area contributed by atoms with Crippen LogP contribution in [0.2, 0.25) is 0 Å². The second-order valence-electron chi connectivity index (χ2n) is 4.54. The molecule has 2 amide bonds. The lowest BCUT2D eigenvalue weighted by Crippen LogP contribution is -2.19. The van der Waals surface area contributed by atoms with Crippen molar-refractivity contribution in [3.63, 3.8) is 0 Å². The maximum Gasteiger partial charge on any atom is 0.323 e. The normalized spacial score (nSPS) is 9.91. The molecule has 0 spiro atoms. The predicted molar refractivity (Wildman–Crippen MR) is 85.7 cm³/mol. The van der Waals surface area contributed by atoms with Gasteiger partial charge in [-0.3, -0.25) is 0 Å². The van der Waals surface area contributed by atoms with E-state index in [-0.39, 0.29) is 6.03 Å². The van der Waals surface area contributed by atoms with Crippen molar-refractivity contribution in [2.75, 3.05) is 24.4 Å². The number of benzene rings is 1. The van der Waals surface area contributed by atoms with Gasteiger partial charge in [0.15, 0.2) is 0 Å². The van der Waals surface area contributed by atoms with Gasteiger partial charge in [-0.1, -0.05) is 13.0 Å². The first kappa shape index (κ1) is 15.6. The number of hydrogen-bond acceptors (Lipinski definition) is 4. The Balaban J connectivity index is 1.93. The number of carbonyl (C=O) groups excluding carboxylic acids is 1. The Kier molecular flexibility index (Phi) is 5.59. The highest BCUT2D eigenvalue weighted by atomic mass is 16.5. The molecule has 22 heavy (non-hydrogen) atoms. The average Bonchev–Trinajstić information content (AvgIpc) is 2.54. The van der Waals surface area contributed by atoms with E-state index in [4.69, 9.17) is 9.47 Å². The molecule has 0 fully saturated rings. The fraction of sp³-hybridized carbons (Fsp3) is 0.250. The Morgan fingerprint density at radius 1 is 1.18 bits per heavy atom. The summed E-state index contributed by atoms with van der Waals surface area (Å²) in [6.45, 7) is 2.69. The Bertz CT molecular complexity index is 614. The molecule has 1 aromatic carbocycles. The molecule has 1 aromatic heterocycles. The lowest BCUT2D eigenvalue weighted by Gasteiger charge is -2.10. The third-order valence-corrected chi connectivity index (χ3v) is 2.77. The van der Waals surface area contributed by atoms with E-state index in [1.54, 1.807) is 24.3 Å². The number of amides is 2. The molecule has 2 N–H and O–H groups in total. The van der Waals surface area contributed by atoms with Gasteiger partial charge in [0, 0.05) is 17.8 Å². The molecule has 0 aliphatic rings. The molecule has 6 nitrogen and oxygen atoms in total. The highest BCUT2D eigenvalue weighted by Crippen LogP contribution is 2.18. The third-order valence-electron chi connectivity index (χ3n) is 2.77. The van der Waals surface area contributed by atoms with Gasteiger partial charge in [0.1, 0.15) is 5.75 Å². The fourth-order valence-corrected chi connectivity index (χ4v) is 1.75. The van der Waals surface area contributed by atoms with Crippen LogP contribution in [0.1, 0.15) is 13.3 Å². The zero-order chi connectivity index (χ0) is 15.8. The lowest BCUT2D eigenvalue weighted by molar-refractivity contribution is 0.262. The summed E-state index contributed by atoms with van der Waals surface area (Å²) in [6, 6.07) is 10.3. The van der Waals surface area contributed by atoms with Crippen molar-refractivity contribution in [3.8, 4) is 11.6 Å². The molecule has 0 unspecified atom stereocenters. The molecule has 6 heteroatoms. The van der Waals surface area contributed by atoms with Crippen LogP contribution in [-0.2, 0) is 0 Å². The van der Waals surface area contributed by atoms with Crippen LogP contribution in [0.3, 0.4) is 0 Å². The van der Waals surface area contributed by atoms with Gasteiger partial charge in [0.2, 0.25) is 5.88 Å². The molecule has 0 aliphatic heterocycles. The number of carbonyl (C=O) groups is 1. The standard InChI is InChI=1S/C16H19N3O3/c1-3-9-22-14-6-4-5-12(10-14)18-16(20)19-13-7-8-15(21-2)17-11-13/h4-8,10-11H,3,9H2,1-2H3,(H2,18,19,20). The van der Waals surface area contributed by atoms with Crippen molar-refractivity contribution in [3.05, 3.63) is 42.6 Å². The number of nitrogens with one attached hydrogen (secondary N) is 2. The van der Waals surface area contributed by atoms with Gasteiger partial charge in [-0.2, -0.15) is 0 Å². The van der Waals surface area contributed by atoms with E-state index in [1.807, 2.05) is 19.1 Å². The van der Waals surface area contributed by atoms with Crippen LogP contribution in [0.4, 0.5) is 16.2 Å². The third kappa shape index (κ3) is 4.66. The lowest BCUT2D eigenvalue weighted by atomic mass is 10.3. The molecule has 1 heterocycles. The van der Waals surface area contributed by atoms with E-state index >= 15 is 0 Å². The Labute approximate surface area is 129 Å². The highest BCUT2D eigenvalue weighted by molar-refractivity contribution is 5.99. The molecular weight excluding hydrogens is 282 g/mol. The minimum atomic E-state index is -0.348. The van der Waals surface area contributed by atoms with E-state index in [1.165, 1.54) is 13.3 Å². The van der Waals surface area contributed by atoms with E-state index in [0.717, 1.165) is 12.2 Å². The van der Waals surface area contributed by atoms with Gasteiger partial charge in [-0.25, -0.2) is 9.78 Å². The molecule has 0 radical (unpaired) electrons. The number of methoxy groups -OCH3 is 1. The van der Waals surface area contributed by atoms with Crippen LogP contribution in [-0.4, -0.2) is 24.7 Å². The molecule has 2 rings (SSSR count). The number of aromatic nitrogens is 1. The summed E-state index contributed by atoms with van der Waals surface area (Å²) in [5, 5.41) is 5.44. The zero-order valence-electron chi connectivity index (χ0n) is 12.6. The second kappa shape index (κ2) is 7.87. The van der Waals surface area contributed by atoms with Crippen LogP contribution in [0.15, 0.2) is 42.6 Å². The SMILES string of the molecule is CCCOc1cccc(NC(=O)Nc2ccc(OC)nc2)c1. The van der Waals surface area contributed by atoms with Crippen LogP contribution in [0.5, 0.6) is 11.6 Å². The van der Waals surface area contributed by atoms with Gasteiger partial charge in [0.25, 0.3) is 0 Å². The average molecular weight is 301 g/mol. The van der Waals surface area contributed by atoms with E-state index in [2.05, 4.69) is 15.6 Å². The first-order chi connectivity index (χ1) is 10.7. The maximum atomic E-state index is 11.9. The quantitative estimate of drug-likeness (QED) is 0.856. The van der Waals surface area contributed by atoms with Crippen molar-refractivity contribution in [2.24, 2.45) is 0 Å². The first-order valence-electron chi connectivity index (χ1n) is 7.02. The molecule has 0 bridgehead atoms. The van der Waals surface area contributed by atoms with E-state index < -0.39 is 0 Å². The van der Waals surface area contributed by atoms with Crippen molar-refractivity contribution in [2.45, 2.75) is 13.3 Å². The summed E-state index contributed by atoms with van der Waals surface area (Å²) >= 11 is 0. The smallest absolute Gasteiger partial charge is 0.323 e. The number of rotatable bonds is 6. The van der Waals surface area contributed by atoms with Crippen LogP contribution < -0.4 is 20.1 Å². The number of pyridine rings is 1. The molecule has 0 saturated heterocycles. The second-order valence-corrected chi connectivity index (χ2v) is 4.54. The molecule has 0 atom stereocenters. The van der Waals surface area contributed by atoms with Crippen molar-refractivity contribution in [1.29, 1.82) is 0 Å². The van der Waals surface area contributed by atoms with Crippen LogP contribution in [0.25, 0.3) is 0 Å². The van der Waals surface area contributed by atoms with Crippen LogP contribution in [0, 0.1) is 0 Å². The molecule has 116 valence electrons. The predicted octanol–water partition coefficient (Wildman–Crippen LogP) is 3.52. The van der Waals surface area contributed by atoms with Crippen molar-refractivity contribution in [1.82, 2.24) is 4.98 Å². The summed E-state index contributed by atoms with van der Waals surface area (Å²) in [6.07, 6.45) is 2.46. The van der Waals surface area contributed by atoms with Gasteiger partial charge >= 0.3 is 6.03 Å². The van der Waals surface area contributed by atoms with Crippen LogP contribution >= 0.6 is 0 Å². The van der Waals surface area contributed by atoms with Gasteiger partial charge in [-0.15, -0.1) is 0 Å². The number of hydrogen-bond donors (Lipinski definition) is 2. The van der Waals surface area contributed by atoms with Gasteiger partial charge < -0.3 is 20.1 Å². The Morgan fingerprint density at radius 3 is 2.68 bits per heavy atom. The Morgan fingerprint density at radius 2 is 2.00 bits per heavy atom. The monoisotopic (exact) mass is 301 g/mol. The minimum absolute atomic E-state index is 0.348. The zero-order valence-corrected chi connectivity index (χ0v) is 12.6. The summed E-state index contributed by atoms with van der Waals surface area (Å²) < 4.78 is 10.5. The molecule has 2 aromatic rings. The van der Waals surface area contributed by atoms with Crippen molar-refractivity contribution < 1.29 is 14.3 Å². The molecule has 0 aliphatic carbocycles. The largest absolute Gasteiger partial charge is 0.494 e. The van der Waals surface area contributed by atoms with Crippen molar-refractivity contribution >= 4 is 17.4 Å².